The summed E-state index contributed by atoms with van der Waals surface area (Å²) in [6.45, 7) is 2.03. The molecule has 0 radical (unpaired) electrons. The molecule has 2 rings (SSSR count). The average Bonchev–Trinajstić information content (AvgIpc) is 2.43. The highest BCUT2D eigenvalue weighted by molar-refractivity contribution is 6.31. The van der Waals surface area contributed by atoms with Crippen molar-refractivity contribution in [3.8, 4) is 0 Å². The van der Waals surface area contributed by atoms with Gasteiger partial charge in [-0.3, -0.25) is 0 Å². The van der Waals surface area contributed by atoms with E-state index in [4.69, 9.17) is 16.3 Å². The van der Waals surface area contributed by atoms with Gasteiger partial charge < -0.3 is 10.1 Å². The Hall–Kier alpha value is -1.35. The normalized spacial score (nSPS) is 10.6. The highest BCUT2D eigenvalue weighted by atomic mass is 35.5. The smallest absolute Gasteiger partial charge is 0.0735 e. The molecule has 3 heteroatoms. The first-order chi connectivity index (χ1) is 9.29. The highest BCUT2D eigenvalue weighted by Crippen LogP contribution is 2.16. The van der Waals surface area contributed by atoms with E-state index in [1.807, 2.05) is 31.3 Å². The molecule has 0 aliphatic rings. The maximum absolute atomic E-state index is 6.07. The fraction of sp³-hybridized carbons (Fsp3) is 0.250. The van der Waals surface area contributed by atoms with Crippen molar-refractivity contribution in [2.24, 2.45) is 0 Å². The maximum atomic E-state index is 6.07. The Kier molecular flexibility index (Phi) is 5.40. The number of nitrogens with one attached hydrogen (secondary N) is 1. The van der Waals surface area contributed by atoms with Crippen molar-refractivity contribution in [1.82, 2.24) is 5.32 Å². The molecule has 0 bridgehead atoms. The zero-order chi connectivity index (χ0) is 13.5. The second-order valence-corrected chi connectivity index (χ2v) is 4.84. The third-order valence-electron chi connectivity index (χ3n) is 2.89. The summed E-state index contributed by atoms with van der Waals surface area (Å²) in [6, 6.07) is 16.2. The molecule has 0 atom stereocenters. The van der Waals surface area contributed by atoms with Crippen LogP contribution >= 0.6 is 11.6 Å². The molecule has 0 saturated heterocycles. The van der Waals surface area contributed by atoms with Gasteiger partial charge in [0.1, 0.15) is 0 Å². The Balaban J connectivity index is 1.84. The van der Waals surface area contributed by atoms with Crippen LogP contribution in [0.4, 0.5) is 0 Å². The summed E-state index contributed by atoms with van der Waals surface area (Å²) in [5, 5.41) is 3.88. The Labute approximate surface area is 119 Å². The minimum absolute atomic E-state index is 0.540. The zero-order valence-corrected chi connectivity index (χ0v) is 11.8. The number of hydrogen-bond donors (Lipinski definition) is 1. The van der Waals surface area contributed by atoms with E-state index in [1.54, 1.807) is 0 Å². The van der Waals surface area contributed by atoms with Crippen molar-refractivity contribution >= 4 is 11.6 Å². The molecule has 0 aliphatic carbocycles. The summed E-state index contributed by atoms with van der Waals surface area (Å²) in [6.07, 6.45) is 0. The second kappa shape index (κ2) is 7.29. The molecule has 1 N–H and O–H groups in total. The summed E-state index contributed by atoms with van der Waals surface area (Å²) < 4.78 is 5.69. The molecule has 0 amide bonds. The van der Waals surface area contributed by atoms with Crippen LogP contribution in [0.1, 0.15) is 16.7 Å². The van der Waals surface area contributed by atoms with E-state index in [2.05, 4.69) is 29.6 Å². The van der Waals surface area contributed by atoms with Gasteiger partial charge in [0.05, 0.1) is 13.2 Å². The van der Waals surface area contributed by atoms with Gasteiger partial charge in [-0.2, -0.15) is 0 Å². The van der Waals surface area contributed by atoms with Crippen LogP contribution in [-0.4, -0.2) is 7.05 Å². The quantitative estimate of drug-likeness (QED) is 0.866. The van der Waals surface area contributed by atoms with Crippen LogP contribution in [0.25, 0.3) is 0 Å². The van der Waals surface area contributed by atoms with Gasteiger partial charge in [-0.1, -0.05) is 54.1 Å². The standard InChI is InChI=1S/C16H18ClNO/c1-18-10-13-6-8-14(9-7-13)11-19-12-15-4-2-3-5-16(15)17/h2-9,18H,10-12H2,1H3. The molecular weight excluding hydrogens is 258 g/mol. The van der Waals surface area contributed by atoms with Crippen LogP contribution in [0.3, 0.4) is 0 Å². The fourth-order valence-electron chi connectivity index (χ4n) is 1.85. The summed E-state index contributed by atoms with van der Waals surface area (Å²) in [5.74, 6) is 0. The van der Waals surface area contributed by atoms with Crippen molar-refractivity contribution < 1.29 is 4.74 Å². The van der Waals surface area contributed by atoms with Crippen molar-refractivity contribution in [3.05, 3.63) is 70.2 Å². The molecule has 2 aromatic rings. The third kappa shape index (κ3) is 4.35. The summed E-state index contributed by atoms with van der Waals surface area (Å²) in [4.78, 5) is 0. The predicted octanol–water partition coefficient (Wildman–Crippen LogP) is 3.78. The lowest BCUT2D eigenvalue weighted by Gasteiger charge is -2.07. The van der Waals surface area contributed by atoms with Gasteiger partial charge in [0.15, 0.2) is 0 Å². The number of ether oxygens (including phenoxy) is 1. The van der Waals surface area contributed by atoms with Crippen LogP contribution in [0.5, 0.6) is 0 Å². The highest BCUT2D eigenvalue weighted by Gasteiger charge is 1.99. The number of rotatable bonds is 6. The van der Waals surface area contributed by atoms with Crippen LogP contribution in [0.2, 0.25) is 5.02 Å². The molecule has 0 unspecified atom stereocenters. The Morgan fingerprint density at radius 1 is 0.947 bits per heavy atom. The first-order valence-electron chi connectivity index (χ1n) is 6.33. The fourth-order valence-corrected chi connectivity index (χ4v) is 2.04. The van der Waals surface area contributed by atoms with E-state index in [-0.39, 0.29) is 0 Å². The molecule has 0 aromatic heterocycles. The predicted molar refractivity (Wildman–Crippen MR) is 79.2 cm³/mol. The van der Waals surface area contributed by atoms with Crippen LogP contribution in [-0.2, 0) is 24.5 Å². The van der Waals surface area contributed by atoms with Gasteiger partial charge in [0, 0.05) is 11.6 Å². The van der Waals surface area contributed by atoms with Gasteiger partial charge in [-0.15, -0.1) is 0 Å². The molecule has 2 aromatic carbocycles. The van der Waals surface area contributed by atoms with Crippen LogP contribution < -0.4 is 5.32 Å². The van der Waals surface area contributed by atoms with Crippen molar-refractivity contribution in [3.63, 3.8) is 0 Å². The van der Waals surface area contributed by atoms with E-state index in [9.17, 15) is 0 Å². The second-order valence-electron chi connectivity index (χ2n) is 4.43. The van der Waals surface area contributed by atoms with Gasteiger partial charge in [0.2, 0.25) is 0 Å². The first kappa shape index (κ1) is 14.1. The Bertz CT molecular complexity index is 510. The Morgan fingerprint density at radius 2 is 1.63 bits per heavy atom. The molecule has 100 valence electrons. The van der Waals surface area contributed by atoms with E-state index in [0.29, 0.717) is 13.2 Å². The largest absolute Gasteiger partial charge is 0.372 e. The van der Waals surface area contributed by atoms with E-state index >= 15 is 0 Å². The lowest BCUT2D eigenvalue weighted by Crippen LogP contribution is -2.04. The molecule has 0 heterocycles. The van der Waals surface area contributed by atoms with Gasteiger partial charge in [-0.05, 0) is 29.8 Å². The van der Waals surface area contributed by atoms with E-state index in [1.165, 1.54) is 11.1 Å². The number of halogens is 1. The summed E-state index contributed by atoms with van der Waals surface area (Å²) >= 11 is 6.07. The third-order valence-corrected chi connectivity index (χ3v) is 3.26. The minimum Gasteiger partial charge on any atom is -0.372 e. The summed E-state index contributed by atoms with van der Waals surface area (Å²) in [5.41, 5.74) is 3.47. The SMILES string of the molecule is CNCc1ccc(COCc2ccccc2Cl)cc1. The molecule has 0 spiro atoms. The molecule has 19 heavy (non-hydrogen) atoms. The van der Waals surface area contributed by atoms with Crippen molar-refractivity contribution in [1.29, 1.82) is 0 Å². The lowest BCUT2D eigenvalue weighted by molar-refractivity contribution is 0.107. The topological polar surface area (TPSA) is 21.3 Å². The molecule has 2 nitrogen and oxygen atoms in total. The van der Waals surface area contributed by atoms with Crippen molar-refractivity contribution in [2.45, 2.75) is 19.8 Å². The molecule has 0 saturated carbocycles. The molecule has 0 fully saturated rings. The first-order valence-corrected chi connectivity index (χ1v) is 6.71. The van der Waals surface area contributed by atoms with Crippen LogP contribution in [0, 0.1) is 0 Å². The van der Waals surface area contributed by atoms with Crippen LogP contribution in [0.15, 0.2) is 48.5 Å². The van der Waals surface area contributed by atoms with Gasteiger partial charge in [0.25, 0.3) is 0 Å². The zero-order valence-electron chi connectivity index (χ0n) is 11.0. The van der Waals surface area contributed by atoms with Crippen molar-refractivity contribution in [2.75, 3.05) is 7.05 Å². The summed E-state index contributed by atoms with van der Waals surface area (Å²) in [7, 11) is 1.95. The minimum atomic E-state index is 0.540. The Morgan fingerprint density at radius 3 is 2.32 bits per heavy atom. The maximum Gasteiger partial charge on any atom is 0.0735 e. The van der Waals surface area contributed by atoms with E-state index in [0.717, 1.165) is 17.1 Å². The van der Waals surface area contributed by atoms with E-state index < -0.39 is 0 Å². The monoisotopic (exact) mass is 275 g/mol. The van der Waals surface area contributed by atoms with Gasteiger partial charge in [-0.25, -0.2) is 0 Å². The number of hydrogen-bond acceptors (Lipinski definition) is 2. The van der Waals surface area contributed by atoms with Gasteiger partial charge >= 0.3 is 0 Å². The molecule has 0 aliphatic heterocycles. The molecular formula is C16H18ClNO. The lowest BCUT2D eigenvalue weighted by atomic mass is 10.1. The number of benzene rings is 2. The average molecular weight is 276 g/mol.